The summed E-state index contributed by atoms with van der Waals surface area (Å²) in [6, 6.07) is 15.7. The molecule has 0 spiro atoms. The third-order valence-electron chi connectivity index (χ3n) is 10.5. The third-order valence-corrected chi connectivity index (χ3v) is 10.5. The number of amides is 2. The van der Waals surface area contributed by atoms with E-state index in [0.29, 0.717) is 94.2 Å². The second-order valence-electron chi connectivity index (χ2n) is 15.1. The lowest BCUT2D eigenvalue weighted by Crippen LogP contribution is -2.45. The van der Waals surface area contributed by atoms with Crippen molar-refractivity contribution in [3.05, 3.63) is 102 Å². The van der Waals surface area contributed by atoms with Gasteiger partial charge >= 0.3 is 0 Å². The lowest BCUT2D eigenvalue weighted by molar-refractivity contribution is -0.134. The number of nitrogens with zero attached hydrogens (tertiary/aromatic N) is 5. The van der Waals surface area contributed by atoms with Gasteiger partial charge in [0.05, 0.1) is 24.1 Å². The standard InChI is InChI=1S/C41H48FN7O4.C3H9P/c1-5-29(24-35(42)28(3)53-23-22-52-4)38-34-25-33(12-13-36(34)46-47-38)45-40(51)41(6-2)16-21-48(27-41)26-37(50)49-19-14-31(15-20-49)30-8-10-32(11-9-30)39-43-17-7-18-44-39;1-4(2)3/h5,7-13,17-18,24-25,31H,1,6,14-16,19-23,26-27H2,2-4H3,(H,45,51)(H,46,47);1-3H3/b29-24+,35-28-;/t41-;/m1./s1. The molecule has 0 bridgehead atoms. The molecular formula is C44H57FN7O4P. The second kappa shape index (κ2) is 20.6. The molecule has 2 fully saturated rings. The van der Waals surface area contributed by atoms with E-state index >= 15 is 0 Å². The SMILES string of the molecule is C=C/C(=C\C(F)=C(/C)OCCOC)c1n[nH]c2ccc(NC(=O)[C@]3(CC)CCN(CC(=O)N4CCC(c5ccc(-c6ncccn6)cc5)CC4)C3)cc12.CP(C)C. The maximum absolute atomic E-state index is 15.0. The van der Waals surface area contributed by atoms with E-state index in [1.165, 1.54) is 17.7 Å². The number of aromatic amines is 1. The number of H-pyrrole nitrogens is 1. The van der Waals surface area contributed by atoms with Crippen molar-refractivity contribution in [1.82, 2.24) is 30.0 Å². The molecule has 0 aliphatic carbocycles. The zero-order valence-corrected chi connectivity index (χ0v) is 35.1. The van der Waals surface area contributed by atoms with E-state index in [9.17, 15) is 14.0 Å². The minimum Gasteiger partial charge on any atom is -0.493 e. The minimum atomic E-state index is -0.626. The van der Waals surface area contributed by atoms with Crippen LogP contribution in [0.2, 0.25) is 0 Å². The maximum Gasteiger partial charge on any atom is 0.236 e. The molecule has 4 heterocycles. The number of carbonyl (C=O) groups excluding carboxylic acids is 2. The Kier molecular flexibility index (Phi) is 15.7. The van der Waals surface area contributed by atoms with Crippen LogP contribution >= 0.6 is 7.92 Å². The van der Waals surface area contributed by atoms with Crippen molar-refractivity contribution in [1.29, 1.82) is 0 Å². The van der Waals surface area contributed by atoms with Crippen LogP contribution < -0.4 is 5.32 Å². The zero-order valence-electron chi connectivity index (χ0n) is 34.2. The number of methoxy groups -OCH3 is 1. The first-order valence-electron chi connectivity index (χ1n) is 19.6. The Morgan fingerprint density at radius 1 is 1.07 bits per heavy atom. The molecule has 0 saturated carbocycles. The van der Waals surface area contributed by atoms with E-state index < -0.39 is 11.2 Å². The monoisotopic (exact) mass is 797 g/mol. The molecular weight excluding hydrogens is 741 g/mol. The fourth-order valence-corrected chi connectivity index (χ4v) is 7.22. The van der Waals surface area contributed by atoms with Gasteiger partial charge in [-0.3, -0.25) is 19.6 Å². The summed E-state index contributed by atoms with van der Waals surface area (Å²) in [7, 11) is 1.93. The molecule has 2 aromatic heterocycles. The molecule has 1 atom stereocenters. The number of carbonyl (C=O) groups is 2. The van der Waals surface area contributed by atoms with Crippen molar-refractivity contribution >= 4 is 41.9 Å². The summed E-state index contributed by atoms with van der Waals surface area (Å²) >= 11 is 0. The normalized spacial score (nSPS) is 18.2. The van der Waals surface area contributed by atoms with Crippen LogP contribution in [-0.2, 0) is 19.1 Å². The molecule has 304 valence electrons. The van der Waals surface area contributed by atoms with Gasteiger partial charge in [-0.15, -0.1) is 7.92 Å². The van der Waals surface area contributed by atoms with Gasteiger partial charge in [0.1, 0.15) is 18.1 Å². The molecule has 57 heavy (non-hydrogen) atoms. The van der Waals surface area contributed by atoms with Gasteiger partial charge in [-0.1, -0.05) is 43.8 Å². The van der Waals surface area contributed by atoms with Gasteiger partial charge in [0, 0.05) is 61.3 Å². The molecule has 2 aliphatic rings. The Morgan fingerprint density at radius 3 is 2.42 bits per heavy atom. The highest BCUT2D eigenvalue weighted by atomic mass is 31.1. The Morgan fingerprint density at radius 2 is 1.77 bits per heavy atom. The summed E-state index contributed by atoms with van der Waals surface area (Å²) in [6.45, 7) is 17.6. The number of fused-ring (bicyclic) bond motifs is 1. The number of hydrogen-bond donors (Lipinski definition) is 2. The van der Waals surface area contributed by atoms with Crippen molar-refractivity contribution in [2.24, 2.45) is 5.41 Å². The van der Waals surface area contributed by atoms with Crippen molar-refractivity contribution in [2.75, 3.05) is 78.4 Å². The number of anilines is 1. The van der Waals surface area contributed by atoms with E-state index in [1.807, 2.05) is 36.1 Å². The van der Waals surface area contributed by atoms with Crippen LogP contribution in [-0.4, -0.2) is 115 Å². The van der Waals surface area contributed by atoms with E-state index in [1.54, 1.807) is 26.4 Å². The van der Waals surface area contributed by atoms with Gasteiger partial charge in [0.15, 0.2) is 11.7 Å². The molecule has 0 unspecified atom stereocenters. The molecule has 2 amide bonds. The predicted molar refractivity (Wildman–Crippen MR) is 229 cm³/mol. The van der Waals surface area contributed by atoms with E-state index in [0.717, 1.165) is 23.9 Å². The van der Waals surface area contributed by atoms with Crippen LogP contribution in [0, 0.1) is 5.41 Å². The number of nitrogens with one attached hydrogen (secondary N) is 2. The molecule has 2 N–H and O–H groups in total. The van der Waals surface area contributed by atoms with Crippen LogP contribution in [0.15, 0.2) is 91.2 Å². The van der Waals surface area contributed by atoms with Gasteiger partial charge in [-0.05, 0) is 101 Å². The zero-order chi connectivity index (χ0) is 41.0. The Labute approximate surface area is 337 Å². The topological polar surface area (TPSA) is 126 Å². The first-order chi connectivity index (χ1) is 27.5. The van der Waals surface area contributed by atoms with Gasteiger partial charge in [-0.2, -0.15) is 5.10 Å². The third kappa shape index (κ3) is 11.4. The second-order valence-corrected chi connectivity index (χ2v) is 17.8. The van der Waals surface area contributed by atoms with Crippen LogP contribution in [0.4, 0.5) is 10.1 Å². The fraction of sp³-hybridized carbons (Fsp3) is 0.432. The maximum atomic E-state index is 15.0. The fourth-order valence-electron chi connectivity index (χ4n) is 7.22. The number of likely N-dealkylation sites (tertiary alicyclic amines) is 2. The van der Waals surface area contributed by atoms with Crippen LogP contribution in [0.25, 0.3) is 27.9 Å². The van der Waals surface area contributed by atoms with Crippen molar-refractivity contribution < 1.29 is 23.5 Å². The first-order valence-corrected chi connectivity index (χ1v) is 22.3. The molecule has 2 saturated heterocycles. The highest BCUT2D eigenvalue weighted by Crippen LogP contribution is 2.37. The number of hydrogen-bond acceptors (Lipinski definition) is 8. The molecule has 11 nitrogen and oxygen atoms in total. The number of piperidine rings is 1. The molecule has 4 aromatic rings. The van der Waals surface area contributed by atoms with Crippen LogP contribution in [0.3, 0.4) is 0 Å². The van der Waals surface area contributed by atoms with Crippen LogP contribution in [0.1, 0.15) is 56.7 Å². The number of aromatic nitrogens is 4. The first kappa shape index (κ1) is 43.4. The summed E-state index contributed by atoms with van der Waals surface area (Å²) in [4.78, 5) is 40.1. The van der Waals surface area contributed by atoms with E-state index in [-0.39, 0.29) is 24.2 Å². The number of ether oxygens (including phenoxy) is 2. The lowest BCUT2D eigenvalue weighted by Gasteiger charge is -2.33. The molecule has 0 radical (unpaired) electrons. The summed E-state index contributed by atoms with van der Waals surface area (Å²) in [5.74, 6) is 0.731. The summed E-state index contributed by atoms with van der Waals surface area (Å²) in [5.41, 5.74) is 3.95. The van der Waals surface area contributed by atoms with Gasteiger partial charge in [0.25, 0.3) is 0 Å². The van der Waals surface area contributed by atoms with Crippen LogP contribution in [0.5, 0.6) is 0 Å². The minimum absolute atomic E-state index is 0.0812. The molecule has 2 aromatic carbocycles. The Balaban J connectivity index is 0.00000148. The van der Waals surface area contributed by atoms with Crippen molar-refractivity contribution in [2.45, 2.75) is 45.4 Å². The number of rotatable bonds is 14. The van der Waals surface area contributed by atoms with Crippen molar-refractivity contribution in [3.8, 4) is 11.4 Å². The van der Waals surface area contributed by atoms with Gasteiger partial charge in [0.2, 0.25) is 11.8 Å². The molecule has 2 aliphatic heterocycles. The highest BCUT2D eigenvalue weighted by Gasteiger charge is 2.44. The molecule has 6 rings (SSSR count). The Hall–Kier alpha value is -4.77. The highest BCUT2D eigenvalue weighted by molar-refractivity contribution is 7.55. The smallest absolute Gasteiger partial charge is 0.236 e. The molecule has 13 heteroatoms. The Bertz CT molecular complexity index is 2020. The summed E-state index contributed by atoms with van der Waals surface area (Å²) < 4.78 is 25.4. The summed E-state index contributed by atoms with van der Waals surface area (Å²) in [5, 5.41) is 11.2. The summed E-state index contributed by atoms with van der Waals surface area (Å²) in [6.07, 6.45) is 9.49. The van der Waals surface area contributed by atoms with Crippen molar-refractivity contribution in [3.63, 3.8) is 0 Å². The number of benzene rings is 2. The van der Waals surface area contributed by atoms with Gasteiger partial charge < -0.3 is 19.7 Å². The average molecular weight is 798 g/mol. The number of halogens is 1. The number of allylic oxidation sites excluding steroid dienone is 5. The largest absolute Gasteiger partial charge is 0.493 e. The average Bonchev–Trinajstić information content (AvgIpc) is 3.85. The predicted octanol–water partition coefficient (Wildman–Crippen LogP) is 8.26. The quantitative estimate of drug-likeness (QED) is 0.0566. The van der Waals surface area contributed by atoms with Gasteiger partial charge in [-0.25, -0.2) is 14.4 Å². The lowest BCUT2D eigenvalue weighted by atomic mass is 9.83. The van der Waals surface area contributed by atoms with E-state index in [4.69, 9.17) is 9.47 Å². The van der Waals surface area contributed by atoms with E-state index in [2.05, 4.69) is 81.2 Å².